The van der Waals surface area contributed by atoms with Gasteiger partial charge >= 0.3 is 0 Å². The van der Waals surface area contributed by atoms with Gasteiger partial charge in [0.25, 0.3) is 11.8 Å². The van der Waals surface area contributed by atoms with Crippen molar-refractivity contribution in [2.45, 2.75) is 13.0 Å². The number of ketones is 1. The molecule has 0 saturated heterocycles. The highest BCUT2D eigenvalue weighted by Crippen LogP contribution is 2.24. The van der Waals surface area contributed by atoms with Crippen LogP contribution in [-0.2, 0) is 4.79 Å². The van der Waals surface area contributed by atoms with Crippen LogP contribution in [0.25, 0.3) is 0 Å². The number of rotatable bonds is 5. The number of benzene rings is 2. The first-order valence-corrected chi connectivity index (χ1v) is 8.31. The second-order valence-corrected chi connectivity index (χ2v) is 6.29. The van der Waals surface area contributed by atoms with E-state index in [0.29, 0.717) is 10.6 Å². The molecule has 3 amide bonds. The molecule has 26 heavy (non-hydrogen) atoms. The van der Waals surface area contributed by atoms with Gasteiger partial charge < -0.3 is 5.32 Å². The summed E-state index contributed by atoms with van der Waals surface area (Å²) in [7, 11) is 0. The Morgan fingerprint density at radius 1 is 1.04 bits per heavy atom. The van der Waals surface area contributed by atoms with Crippen LogP contribution >= 0.6 is 11.6 Å². The van der Waals surface area contributed by atoms with Gasteiger partial charge in [0.2, 0.25) is 5.91 Å². The number of halogens is 1. The van der Waals surface area contributed by atoms with Crippen LogP contribution < -0.4 is 5.32 Å². The minimum absolute atomic E-state index is 0.257. The summed E-state index contributed by atoms with van der Waals surface area (Å²) >= 11 is 5.84. The number of fused-ring (bicyclic) bond motifs is 1. The molecular weight excluding hydrogens is 356 g/mol. The summed E-state index contributed by atoms with van der Waals surface area (Å²) in [5.74, 6) is -1.95. The zero-order chi connectivity index (χ0) is 18.8. The first-order valence-electron chi connectivity index (χ1n) is 7.93. The highest BCUT2D eigenvalue weighted by molar-refractivity contribution is 6.31. The lowest BCUT2D eigenvalue weighted by Crippen LogP contribution is -2.48. The minimum Gasteiger partial charge on any atom is -0.347 e. The van der Waals surface area contributed by atoms with Crippen LogP contribution in [0.5, 0.6) is 0 Å². The van der Waals surface area contributed by atoms with Crippen molar-refractivity contribution < 1.29 is 19.2 Å². The van der Waals surface area contributed by atoms with Gasteiger partial charge in [-0.05, 0) is 31.2 Å². The largest absolute Gasteiger partial charge is 0.347 e. The quantitative estimate of drug-likeness (QED) is 0.646. The van der Waals surface area contributed by atoms with E-state index in [1.807, 2.05) is 0 Å². The molecule has 132 valence electrons. The summed E-state index contributed by atoms with van der Waals surface area (Å²) in [6, 6.07) is 11.7. The van der Waals surface area contributed by atoms with E-state index in [4.69, 9.17) is 11.6 Å². The van der Waals surface area contributed by atoms with Gasteiger partial charge in [-0.15, -0.1) is 0 Å². The Labute approximate surface area is 154 Å². The molecule has 2 aromatic rings. The molecule has 1 atom stereocenters. The fraction of sp³-hybridized carbons (Fsp3) is 0.158. The summed E-state index contributed by atoms with van der Waals surface area (Å²) in [6.07, 6.45) is 0. The Morgan fingerprint density at radius 3 is 2.23 bits per heavy atom. The van der Waals surface area contributed by atoms with E-state index in [-0.39, 0.29) is 23.5 Å². The predicted molar refractivity (Wildman–Crippen MR) is 95.2 cm³/mol. The number of nitrogens with one attached hydrogen (secondary N) is 1. The van der Waals surface area contributed by atoms with Gasteiger partial charge in [-0.25, -0.2) is 0 Å². The Morgan fingerprint density at radius 2 is 1.65 bits per heavy atom. The number of imide groups is 1. The van der Waals surface area contributed by atoms with E-state index < -0.39 is 23.8 Å². The summed E-state index contributed by atoms with van der Waals surface area (Å²) in [5, 5.41) is 2.89. The third-order valence-corrected chi connectivity index (χ3v) is 4.40. The molecule has 0 spiro atoms. The average molecular weight is 371 g/mol. The van der Waals surface area contributed by atoms with Gasteiger partial charge in [0, 0.05) is 10.6 Å². The van der Waals surface area contributed by atoms with Crippen molar-refractivity contribution in [3.8, 4) is 0 Å². The molecule has 2 aromatic carbocycles. The van der Waals surface area contributed by atoms with Gasteiger partial charge in [-0.1, -0.05) is 35.9 Å². The molecule has 1 unspecified atom stereocenters. The van der Waals surface area contributed by atoms with Crippen molar-refractivity contribution in [2.24, 2.45) is 0 Å². The number of carbonyl (C=O) groups excluding carboxylic acids is 4. The lowest BCUT2D eigenvalue weighted by Gasteiger charge is -2.21. The molecule has 0 saturated carbocycles. The van der Waals surface area contributed by atoms with Crippen LogP contribution in [-0.4, -0.2) is 41.0 Å². The van der Waals surface area contributed by atoms with Crippen molar-refractivity contribution in [3.05, 3.63) is 70.2 Å². The smallest absolute Gasteiger partial charge is 0.262 e. The predicted octanol–water partition coefficient (Wildman–Crippen LogP) is 2.32. The molecule has 1 heterocycles. The summed E-state index contributed by atoms with van der Waals surface area (Å²) in [6.45, 7) is 1.19. The molecule has 1 aliphatic rings. The van der Waals surface area contributed by atoms with Crippen LogP contribution in [0.3, 0.4) is 0 Å². The minimum atomic E-state index is -1.03. The Balaban J connectivity index is 1.66. The van der Waals surface area contributed by atoms with Crippen LogP contribution in [0.1, 0.15) is 38.0 Å². The van der Waals surface area contributed by atoms with Crippen molar-refractivity contribution in [1.29, 1.82) is 0 Å². The molecule has 0 aliphatic carbocycles. The Kier molecular flexibility index (Phi) is 4.86. The van der Waals surface area contributed by atoms with E-state index in [1.54, 1.807) is 42.5 Å². The van der Waals surface area contributed by atoms with Crippen LogP contribution in [0, 0.1) is 0 Å². The lowest BCUT2D eigenvalue weighted by atomic mass is 10.1. The zero-order valence-electron chi connectivity index (χ0n) is 13.9. The molecule has 0 aromatic heterocycles. The molecule has 7 heteroatoms. The fourth-order valence-corrected chi connectivity index (χ4v) is 2.95. The first-order chi connectivity index (χ1) is 12.4. The monoisotopic (exact) mass is 370 g/mol. The van der Waals surface area contributed by atoms with E-state index in [0.717, 1.165) is 4.90 Å². The summed E-state index contributed by atoms with van der Waals surface area (Å²) < 4.78 is 0. The maximum atomic E-state index is 12.4. The number of hydrogen-bond donors (Lipinski definition) is 1. The van der Waals surface area contributed by atoms with Crippen molar-refractivity contribution >= 4 is 35.1 Å². The Hall–Kier alpha value is -2.99. The van der Waals surface area contributed by atoms with Gasteiger partial charge in [-0.3, -0.25) is 24.1 Å². The molecule has 3 rings (SSSR count). The zero-order valence-corrected chi connectivity index (χ0v) is 14.6. The van der Waals surface area contributed by atoms with Gasteiger partial charge in [-0.2, -0.15) is 0 Å². The van der Waals surface area contributed by atoms with E-state index in [1.165, 1.54) is 13.0 Å². The fourth-order valence-electron chi connectivity index (χ4n) is 2.76. The second kappa shape index (κ2) is 7.09. The maximum Gasteiger partial charge on any atom is 0.262 e. The second-order valence-electron chi connectivity index (χ2n) is 5.85. The SMILES string of the molecule is CC(C(=O)NCC(=O)c1cccc(Cl)c1)N1C(=O)c2ccccc2C1=O. The van der Waals surface area contributed by atoms with Crippen LogP contribution in [0.4, 0.5) is 0 Å². The lowest BCUT2D eigenvalue weighted by molar-refractivity contribution is -0.124. The highest BCUT2D eigenvalue weighted by Gasteiger charge is 2.40. The van der Waals surface area contributed by atoms with E-state index >= 15 is 0 Å². The average Bonchev–Trinajstić information content (AvgIpc) is 2.90. The van der Waals surface area contributed by atoms with Crippen molar-refractivity contribution in [1.82, 2.24) is 10.2 Å². The molecule has 6 nitrogen and oxygen atoms in total. The molecule has 0 bridgehead atoms. The summed E-state index contributed by atoms with van der Waals surface area (Å²) in [5.41, 5.74) is 0.908. The number of carbonyl (C=O) groups is 4. The number of hydrogen-bond acceptors (Lipinski definition) is 4. The Bertz CT molecular complexity index is 890. The van der Waals surface area contributed by atoms with E-state index in [9.17, 15) is 19.2 Å². The third-order valence-electron chi connectivity index (χ3n) is 4.16. The standard InChI is InChI=1S/C19H15ClN2O4/c1-11(22-18(25)14-7-2-3-8-15(14)19(22)26)17(24)21-10-16(23)12-5-4-6-13(20)9-12/h2-9,11H,10H2,1H3,(H,21,24). The molecule has 1 aliphatic heterocycles. The maximum absolute atomic E-state index is 12.4. The number of Topliss-reactive ketones (excluding diaryl/α,β-unsaturated/α-hetero) is 1. The topological polar surface area (TPSA) is 83.6 Å². The molecule has 0 radical (unpaired) electrons. The number of amides is 3. The van der Waals surface area contributed by atoms with Gasteiger partial charge in [0.15, 0.2) is 5.78 Å². The van der Waals surface area contributed by atoms with Crippen molar-refractivity contribution in [2.75, 3.05) is 6.54 Å². The summed E-state index contributed by atoms with van der Waals surface area (Å²) in [4.78, 5) is 50.2. The van der Waals surface area contributed by atoms with Crippen LogP contribution in [0.15, 0.2) is 48.5 Å². The highest BCUT2D eigenvalue weighted by atomic mass is 35.5. The van der Waals surface area contributed by atoms with Crippen LogP contribution in [0.2, 0.25) is 5.02 Å². The van der Waals surface area contributed by atoms with Crippen molar-refractivity contribution in [3.63, 3.8) is 0 Å². The normalized spacial score (nSPS) is 14.2. The van der Waals surface area contributed by atoms with E-state index in [2.05, 4.69) is 5.32 Å². The molecular formula is C19H15ClN2O4. The number of nitrogens with zero attached hydrogens (tertiary/aromatic N) is 1. The molecule has 0 fully saturated rings. The van der Waals surface area contributed by atoms with Gasteiger partial charge in [0.1, 0.15) is 6.04 Å². The first kappa shape index (κ1) is 17.8. The molecule has 1 N–H and O–H groups in total. The van der Waals surface area contributed by atoms with Gasteiger partial charge in [0.05, 0.1) is 17.7 Å². The third kappa shape index (κ3) is 3.23.